The van der Waals surface area contributed by atoms with E-state index in [1.165, 1.54) is 0 Å². The molecule has 2 amide bonds. The van der Waals surface area contributed by atoms with Gasteiger partial charge in [0.15, 0.2) is 0 Å². The van der Waals surface area contributed by atoms with E-state index in [1.807, 2.05) is 0 Å². The Bertz CT molecular complexity index is 381. The van der Waals surface area contributed by atoms with Crippen LogP contribution >= 0.6 is 11.6 Å². The van der Waals surface area contributed by atoms with Gasteiger partial charge in [0.2, 0.25) is 0 Å². The Morgan fingerprint density at radius 3 is 2.60 bits per heavy atom. The normalized spacial score (nSPS) is 9.40. The topological polar surface area (TPSA) is 78.4 Å². The Morgan fingerprint density at radius 1 is 1.33 bits per heavy atom. The van der Waals surface area contributed by atoms with Crippen LogP contribution in [-0.2, 0) is 4.79 Å². The van der Waals surface area contributed by atoms with Gasteiger partial charge in [0.05, 0.1) is 10.7 Å². The average molecular weight is 229 g/mol. The van der Waals surface area contributed by atoms with E-state index in [9.17, 15) is 9.59 Å². The Kier molecular flexibility index (Phi) is 3.93. The molecule has 0 aromatic heterocycles. The van der Waals surface area contributed by atoms with Crippen molar-refractivity contribution < 1.29 is 14.7 Å². The number of hydrogen-bond acceptors (Lipinski definition) is 2. The Labute approximate surface area is 91.0 Å². The van der Waals surface area contributed by atoms with Crippen LogP contribution in [0.5, 0.6) is 0 Å². The molecule has 0 bridgehead atoms. The monoisotopic (exact) mass is 228 g/mol. The molecule has 1 aromatic rings. The van der Waals surface area contributed by atoms with Crippen molar-refractivity contribution in [2.45, 2.75) is 0 Å². The molecule has 0 fully saturated rings. The highest BCUT2D eigenvalue weighted by Gasteiger charge is 2.05. The molecule has 1 aromatic carbocycles. The van der Waals surface area contributed by atoms with Gasteiger partial charge in [0.25, 0.3) is 0 Å². The lowest BCUT2D eigenvalue weighted by molar-refractivity contribution is -0.135. The molecule has 5 nitrogen and oxygen atoms in total. The fourth-order valence-corrected chi connectivity index (χ4v) is 1.07. The van der Waals surface area contributed by atoms with Crippen LogP contribution in [0.15, 0.2) is 24.3 Å². The summed E-state index contributed by atoms with van der Waals surface area (Å²) in [6, 6.07) is 6.06. The summed E-state index contributed by atoms with van der Waals surface area (Å²) in [5, 5.41) is 13.3. The second-order valence-corrected chi connectivity index (χ2v) is 3.09. The highest BCUT2D eigenvalue weighted by molar-refractivity contribution is 6.33. The van der Waals surface area contributed by atoms with E-state index in [0.717, 1.165) is 0 Å². The first kappa shape index (κ1) is 11.3. The number of aliphatic carboxylic acids is 1. The van der Waals surface area contributed by atoms with Crippen molar-refractivity contribution in [3.8, 4) is 0 Å². The number of carbonyl (C=O) groups excluding carboxylic acids is 1. The first-order valence-electron chi connectivity index (χ1n) is 4.11. The lowest BCUT2D eigenvalue weighted by Gasteiger charge is -2.06. The molecular weight excluding hydrogens is 220 g/mol. The SMILES string of the molecule is O=C(O)CNC(=O)Nc1ccccc1Cl. The molecule has 0 atom stereocenters. The number of carbonyl (C=O) groups is 2. The predicted molar refractivity (Wildman–Crippen MR) is 56.1 cm³/mol. The maximum Gasteiger partial charge on any atom is 0.323 e. The molecule has 80 valence electrons. The largest absolute Gasteiger partial charge is 0.480 e. The number of urea groups is 1. The van der Waals surface area contributed by atoms with Gasteiger partial charge < -0.3 is 15.7 Å². The first-order chi connectivity index (χ1) is 7.09. The highest BCUT2D eigenvalue weighted by Crippen LogP contribution is 2.19. The third-order valence-electron chi connectivity index (χ3n) is 1.52. The zero-order valence-electron chi connectivity index (χ0n) is 7.66. The molecule has 0 radical (unpaired) electrons. The van der Waals surface area contributed by atoms with Crippen molar-refractivity contribution in [3.05, 3.63) is 29.3 Å². The van der Waals surface area contributed by atoms with E-state index >= 15 is 0 Å². The lowest BCUT2D eigenvalue weighted by Crippen LogP contribution is -2.33. The summed E-state index contributed by atoms with van der Waals surface area (Å²) in [5.41, 5.74) is 0.432. The Balaban J connectivity index is 2.52. The number of amides is 2. The summed E-state index contributed by atoms with van der Waals surface area (Å²) in [4.78, 5) is 21.3. The van der Waals surface area contributed by atoms with Gasteiger partial charge in [-0.1, -0.05) is 23.7 Å². The number of hydrogen-bond donors (Lipinski definition) is 3. The highest BCUT2D eigenvalue weighted by atomic mass is 35.5. The summed E-state index contributed by atoms with van der Waals surface area (Å²) in [7, 11) is 0. The minimum Gasteiger partial charge on any atom is -0.480 e. The standard InChI is InChI=1S/C9H9ClN2O3/c10-6-3-1-2-4-7(6)12-9(15)11-5-8(13)14/h1-4H,5H2,(H,13,14)(H2,11,12,15). The molecule has 3 N–H and O–H groups in total. The van der Waals surface area contributed by atoms with Crippen LogP contribution in [0.3, 0.4) is 0 Å². The molecule has 0 aliphatic carbocycles. The van der Waals surface area contributed by atoms with Crippen molar-refractivity contribution >= 4 is 29.3 Å². The summed E-state index contributed by atoms with van der Waals surface area (Å²) in [5.74, 6) is -1.11. The summed E-state index contributed by atoms with van der Waals surface area (Å²) < 4.78 is 0. The molecule has 0 aliphatic heterocycles. The van der Waals surface area contributed by atoms with Crippen molar-refractivity contribution in [2.75, 3.05) is 11.9 Å². The molecular formula is C9H9ClN2O3. The van der Waals surface area contributed by atoms with Crippen molar-refractivity contribution in [1.29, 1.82) is 0 Å². The number of rotatable bonds is 3. The van der Waals surface area contributed by atoms with Crippen molar-refractivity contribution in [2.24, 2.45) is 0 Å². The van der Waals surface area contributed by atoms with Crippen LogP contribution in [0.2, 0.25) is 5.02 Å². The molecule has 0 saturated carbocycles. The van der Waals surface area contributed by atoms with E-state index in [0.29, 0.717) is 10.7 Å². The van der Waals surface area contributed by atoms with Crippen LogP contribution in [0.25, 0.3) is 0 Å². The lowest BCUT2D eigenvalue weighted by atomic mass is 10.3. The minimum atomic E-state index is -1.11. The third kappa shape index (κ3) is 3.86. The van der Waals surface area contributed by atoms with Gasteiger partial charge in [-0.2, -0.15) is 0 Å². The molecule has 6 heteroatoms. The number of halogens is 1. The predicted octanol–water partition coefficient (Wildman–Crippen LogP) is 1.55. The Morgan fingerprint density at radius 2 is 2.00 bits per heavy atom. The molecule has 0 saturated heterocycles. The first-order valence-corrected chi connectivity index (χ1v) is 4.48. The van der Waals surface area contributed by atoms with Crippen LogP contribution in [0.1, 0.15) is 0 Å². The molecule has 0 heterocycles. The number of carboxylic acids is 1. The summed E-state index contributed by atoms with van der Waals surface area (Å²) in [6.07, 6.45) is 0. The Hall–Kier alpha value is -1.75. The van der Waals surface area contributed by atoms with Gasteiger partial charge in [0.1, 0.15) is 6.54 Å². The van der Waals surface area contributed by atoms with Gasteiger partial charge in [0, 0.05) is 0 Å². The number of carboxylic acid groups (broad SMARTS) is 1. The molecule has 0 aliphatic rings. The fraction of sp³-hybridized carbons (Fsp3) is 0.111. The van der Waals surface area contributed by atoms with E-state index < -0.39 is 18.5 Å². The van der Waals surface area contributed by atoms with Gasteiger partial charge in [-0.15, -0.1) is 0 Å². The van der Waals surface area contributed by atoms with Crippen LogP contribution < -0.4 is 10.6 Å². The quantitative estimate of drug-likeness (QED) is 0.734. The third-order valence-corrected chi connectivity index (χ3v) is 1.85. The van der Waals surface area contributed by atoms with Gasteiger partial charge >= 0.3 is 12.0 Å². The van der Waals surface area contributed by atoms with E-state index in [2.05, 4.69) is 10.6 Å². The number of nitrogens with one attached hydrogen (secondary N) is 2. The smallest absolute Gasteiger partial charge is 0.323 e. The van der Waals surface area contributed by atoms with Crippen LogP contribution in [0, 0.1) is 0 Å². The number of para-hydroxylation sites is 1. The molecule has 0 unspecified atom stereocenters. The van der Waals surface area contributed by atoms with Crippen LogP contribution in [0.4, 0.5) is 10.5 Å². The molecule has 15 heavy (non-hydrogen) atoms. The summed E-state index contributed by atoms with van der Waals surface area (Å²) in [6.45, 7) is -0.434. The van der Waals surface area contributed by atoms with E-state index in [1.54, 1.807) is 24.3 Å². The van der Waals surface area contributed by atoms with Crippen molar-refractivity contribution in [3.63, 3.8) is 0 Å². The summed E-state index contributed by atoms with van der Waals surface area (Å²) >= 11 is 5.77. The fourth-order valence-electron chi connectivity index (χ4n) is 0.885. The van der Waals surface area contributed by atoms with E-state index in [4.69, 9.17) is 16.7 Å². The minimum absolute atomic E-state index is 0.392. The zero-order chi connectivity index (χ0) is 11.3. The molecule has 0 spiro atoms. The van der Waals surface area contributed by atoms with Crippen molar-refractivity contribution in [1.82, 2.24) is 5.32 Å². The van der Waals surface area contributed by atoms with Crippen LogP contribution in [-0.4, -0.2) is 23.7 Å². The van der Waals surface area contributed by atoms with E-state index in [-0.39, 0.29) is 0 Å². The number of anilines is 1. The van der Waals surface area contributed by atoms with Gasteiger partial charge in [-0.3, -0.25) is 4.79 Å². The van der Waals surface area contributed by atoms with Gasteiger partial charge in [-0.05, 0) is 12.1 Å². The second-order valence-electron chi connectivity index (χ2n) is 2.68. The number of benzene rings is 1. The van der Waals surface area contributed by atoms with Gasteiger partial charge in [-0.25, -0.2) is 4.79 Å². The maximum absolute atomic E-state index is 11.1. The zero-order valence-corrected chi connectivity index (χ0v) is 8.41. The maximum atomic E-state index is 11.1. The average Bonchev–Trinajstić information content (AvgIpc) is 2.18. The second kappa shape index (κ2) is 5.21. The molecule has 1 rings (SSSR count).